The van der Waals surface area contributed by atoms with Gasteiger partial charge in [-0.15, -0.1) is 0 Å². The van der Waals surface area contributed by atoms with E-state index in [1.54, 1.807) is 29.2 Å². The van der Waals surface area contributed by atoms with Gasteiger partial charge in [-0.05, 0) is 25.0 Å². The van der Waals surface area contributed by atoms with Gasteiger partial charge in [-0.1, -0.05) is 12.1 Å². The summed E-state index contributed by atoms with van der Waals surface area (Å²) in [6.45, 7) is 0.500. The SMILES string of the molecule is COCCON1C(=O)CC(C(=O)OC)C12CCN(C(=O)CN1C(=O)c3ccccc3C1=O)CC2. The number of carbonyl (C=O) groups is 5. The average Bonchev–Trinajstić information content (AvgIpc) is 3.25. The van der Waals surface area contributed by atoms with E-state index < -0.39 is 29.2 Å². The van der Waals surface area contributed by atoms with Gasteiger partial charge in [0.05, 0.1) is 42.9 Å². The van der Waals surface area contributed by atoms with E-state index >= 15 is 0 Å². The standard InChI is InChI=1S/C23H27N3O8/c1-32-11-12-34-26-18(27)13-17(22(31)33-2)23(26)7-9-24(10-8-23)19(28)14-25-20(29)15-5-3-4-6-16(15)21(25)30/h3-6,17H,7-14H2,1-2H3. The van der Waals surface area contributed by atoms with Crippen LogP contribution >= 0.6 is 0 Å². The Morgan fingerprint density at radius 2 is 1.62 bits per heavy atom. The van der Waals surface area contributed by atoms with E-state index in [0.29, 0.717) is 12.8 Å². The molecular weight excluding hydrogens is 446 g/mol. The Labute approximate surface area is 196 Å². The van der Waals surface area contributed by atoms with Crippen molar-refractivity contribution in [2.45, 2.75) is 24.8 Å². The van der Waals surface area contributed by atoms with Crippen molar-refractivity contribution in [2.24, 2.45) is 5.92 Å². The van der Waals surface area contributed by atoms with Crippen LogP contribution in [0, 0.1) is 5.92 Å². The monoisotopic (exact) mass is 473 g/mol. The molecule has 4 rings (SSSR count). The van der Waals surface area contributed by atoms with Crippen LogP contribution in [-0.2, 0) is 28.7 Å². The van der Waals surface area contributed by atoms with Crippen LogP contribution in [0.2, 0.25) is 0 Å². The highest BCUT2D eigenvalue weighted by Gasteiger charge is 2.58. The molecule has 1 atom stereocenters. The maximum absolute atomic E-state index is 13.0. The van der Waals surface area contributed by atoms with Crippen molar-refractivity contribution in [2.75, 3.05) is 47.1 Å². The Morgan fingerprint density at radius 3 is 2.18 bits per heavy atom. The highest BCUT2D eigenvalue weighted by atomic mass is 16.7. The van der Waals surface area contributed by atoms with Crippen molar-refractivity contribution < 1.29 is 38.3 Å². The quantitative estimate of drug-likeness (QED) is 0.314. The molecule has 3 aliphatic rings. The Bertz CT molecular complexity index is 982. The van der Waals surface area contributed by atoms with Gasteiger partial charge in [-0.2, -0.15) is 0 Å². The van der Waals surface area contributed by atoms with Gasteiger partial charge < -0.3 is 14.4 Å². The van der Waals surface area contributed by atoms with Gasteiger partial charge in [0.15, 0.2) is 0 Å². The number of hydroxylamine groups is 2. The third-order valence-corrected chi connectivity index (χ3v) is 6.81. The predicted octanol–water partition coefficient (Wildman–Crippen LogP) is 0.243. The van der Waals surface area contributed by atoms with E-state index in [1.807, 2.05) is 0 Å². The molecule has 3 heterocycles. The number of carbonyl (C=O) groups excluding carboxylic acids is 5. The largest absolute Gasteiger partial charge is 0.469 e. The fourth-order valence-corrected chi connectivity index (χ4v) is 5.01. The summed E-state index contributed by atoms with van der Waals surface area (Å²) in [7, 11) is 2.79. The summed E-state index contributed by atoms with van der Waals surface area (Å²) in [4.78, 5) is 71.5. The van der Waals surface area contributed by atoms with Crippen LogP contribution in [0.25, 0.3) is 0 Å². The number of methoxy groups -OCH3 is 2. The minimum atomic E-state index is -0.940. The summed E-state index contributed by atoms with van der Waals surface area (Å²) in [6, 6.07) is 6.46. The van der Waals surface area contributed by atoms with Crippen molar-refractivity contribution in [3.05, 3.63) is 35.4 Å². The molecule has 11 heteroatoms. The van der Waals surface area contributed by atoms with Crippen molar-refractivity contribution in [3.63, 3.8) is 0 Å². The number of hydrogen-bond acceptors (Lipinski definition) is 8. The van der Waals surface area contributed by atoms with Gasteiger partial charge in [0.1, 0.15) is 6.54 Å². The molecule has 1 aromatic carbocycles. The smallest absolute Gasteiger partial charge is 0.311 e. The van der Waals surface area contributed by atoms with Gasteiger partial charge in [0.2, 0.25) is 11.8 Å². The van der Waals surface area contributed by atoms with E-state index in [2.05, 4.69) is 0 Å². The Balaban J connectivity index is 1.45. The van der Waals surface area contributed by atoms with Crippen LogP contribution in [0.1, 0.15) is 40.0 Å². The molecule has 4 amide bonds. The van der Waals surface area contributed by atoms with Gasteiger partial charge in [0, 0.05) is 26.6 Å². The normalized spacial score (nSPS) is 21.4. The second-order valence-electron chi connectivity index (χ2n) is 8.52. The van der Waals surface area contributed by atoms with Crippen molar-refractivity contribution in [1.82, 2.24) is 14.9 Å². The first-order valence-corrected chi connectivity index (χ1v) is 11.1. The minimum absolute atomic E-state index is 0.0390. The molecule has 1 unspecified atom stereocenters. The molecule has 3 aliphatic heterocycles. The topological polar surface area (TPSA) is 123 Å². The first-order chi connectivity index (χ1) is 16.3. The van der Waals surface area contributed by atoms with Crippen molar-refractivity contribution >= 4 is 29.6 Å². The zero-order valence-electron chi connectivity index (χ0n) is 19.2. The number of hydrogen-bond donors (Lipinski definition) is 0. The number of piperidine rings is 1. The average molecular weight is 473 g/mol. The second kappa shape index (κ2) is 9.51. The third-order valence-electron chi connectivity index (χ3n) is 6.81. The Hall–Kier alpha value is -3.31. The fourth-order valence-electron chi connectivity index (χ4n) is 5.01. The van der Waals surface area contributed by atoms with Gasteiger partial charge in [0.25, 0.3) is 11.8 Å². The summed E-state index contributed by atoms with van der Waals surface area (Å²) < 4.78 is 9.93. The lowest BCUT2D eigenvalue weighted by molar-refractivity contribution is -0.226. The molecule has 1 aromatic rings. The molecule has 11 nitrogen and oxygen atoms in total. The number of benzene rings is 1. The van der Waals surface area contributed by atoms with E-state index in [-0.39, 0.29) is 62.2 Å². The van der Waals surface area contributed by atoms with E-state index in [4.69, 9.17) is 14.3 Å². The molecule has 2 fully saturated rings. The number of nitrogens with zero attached hydrogens (tertiary/aromatic N) is 3. The molecule has 182 valence electrons. The molecule has 0 bridgehead atoms. The van der Waals surface area contributed by atoms with Crippen LogP contribution < -0.4 is 0 Å². The van der Waals surface area contributed by atoms with Crippen molar-refractivity contribution in [3.8, 4) is 0 Å². The van der Waals surface area contributed by atoms with Crippen LogP contribution in [0.4, 0.5) is 0 Å². The lowest BCUT2D eigenvalue weighted by atomic mass is 9.77. The number of amides is 4. The van der Waals surface area contributed by atoms with Crippen LogP contribution in [-0.4, -0.2) is 97.1 Å². The highest BCUT2D eigenvalue weighted by molar-refractivity contribution is 6.22. The lowest BCUT2D eigenvalue weighted by Gasteiger charge is -2.45. The van der Waals surface area contributed by atoms with Gasteiger partial charge in [-0.3, -0.25) is 33.7 Å². The molecule has 2 saturated heterocycles. The third kappa shape index (κ3) is 3.94. The van der Waals surface area contributed by atoms with E-state index in [0.717, 1.165) is 4.90 Å². The van der Waals surface area contributed by atoms with Crippen LogP contribution in [0.15, 0.2) is 24.3 Å². The predicted molar refractivity (Wildman–Crippen MR) is 115 cm³/mol. The second-order valence-corrected chi connectivity index (χ2v) is 8.52. The zero-order valence-corrected chi connectivity index (χ0v) is 19.2. The maximum Gasteiger partial charge on any atom is 0.311 e. The summed E-state index contributed by atoms with van der Waals surface area (Å²) >= 11 is 0. The minimum Gasteiger partial charge on any atom is -0.469 e. The molecular formula is C23H27N3O8. The summed E-state index contributed by atoms with van der Waals surface area (Å²) in [5.41, 5.74) is -0.371. The van der Waals surface area contributed by atoms with E-state index in [9.17, 15) is 24.0 Å². The number of esters is 1. The first-order valence-electron chi connectivity index (χ1n) is 11.1. The highest BCUT2D eigenvalue weighted by Crippen LogP contribution is 2.44. The van der Waals surface area contributed by atoms with Gasteiger partial charge in [-0.25, -0.2) is 5.06 Å². The van der Waals surface area contributed by atoms with Crippen molar-refractivity contribution in [1.29, 1.82) is 0 Å². The fraction of sp³-hybridized carbons (Fsp3) is 0.522. The maximum atomic E-state index is 13.0. The van der Waals surface area contributed by atoms with E-state index in [1.165, 1.54) is 19.3 Å². The molecule has 1 spiro atoms. The molecule has 34 heavy (non-hydrogen) atoms. The molecule has 0 aliphatic carbocycles. The summed E-state index contributed by atoms with van der Waals surface area (Å²) in [6.07, 6.45) is 0.543. The Kier molecular flexibility index (Phi) is 6.67. The number of ether oxygens (including phenoxy) is 2. The number of likely N-dealkylation sites (tertiary alicyclic amines) is 1. The number of fused-ring (bicyclic) bond motifs is 1. The molecule has 0 N–H and O–H groups in total. The Morgan fingerprint density at radius 1 is 1.00 bits per heavy atom. The number of imide groups is 1. The molecule has 0 saturated carbocycles. The zero-order chi connectivity index (χ0) is 24.5. The van der Waals surface area contributed by atoms with Crippen LogP contribution in [0.5, 0.6) is 0 Å². The number of rotatable bonds is 7. The molecule has 0 aromatic heterocycles. The van der Waals surface area contributed by atoms with Crippen LogP contribution in [0.3, 0.4) is 0 Å². The summed E-state index contributed by atoms with van der Waals surface area (Å²) in [5, 5.41) is 1.26. The summed E-state index contributed by atoms with van der Waals surface area (Å²) in [5.74, 6) is -2.91. The first kappa shape index (κ1) is 23.8. The lowest BCUT2D eigenvalue weighted by Crippen LogP contribution is -2.59. The van der Waals surface area contributed by atoms with Gasteiger partial charge >= 0.3 is 5.97 Å². The molecule has 0 radical (unpaired) electrons.